The van der Waals surface area contributed by atoms with Crippen LogP contribution in [0.1, 0.15) is 24.1 Å². The molecular formula is C15H17N3S. The van der Waals surface area contributed by atoms with Gasteiger partial charge in [0.25, 0.3) is 0 Å². The molecule has 0 saturated carbocycles. The second-order valence-electron chi connectivity index (χ2n) is 4.45. The number of hydrogen-bond donors (Lipinski definition) is 2. The predicted octanol–water partition coefficient (Wildman–Crippen LogP) is 3.44. The van der Waals surface area contributed by atoms with E-state index in [-0.39, 0.29) is 6.04 Å². The lowest BCUT2D eigenvalue weighted by Gasteiger charge is -2.17. The van der Waals surface area contributed by atoms with E-state index in [9.17, 15) is 0 Å². The SMILES string of the molecule is Cc1ccnc(NC(=S)N[C@@H](C)c2ccccc2)c1. The second-order valence-corrected chi connectivity index (χ2v) is 4.86. The lowest BCUT2D eigenvalue weighted by Crippen LogP contribution is -2.31. The van der Waals surface area contributed by atoms with E-state index in [0.717, 1.165) is 11.4 Å². The summed E-state index contributed by atoms with van der Waals surface area (Å²) < 4.78 is 0. The molecule has 1 heterocycles. The topological polar surface area (TPSA) is 37.0 Å². The van der Waals surface area contributed by atoms with E-state index in [1.807, 2.05) is 37.3 Å². The molecule has 4 heteroatoms. The molecule has 0 fully saturated rings. The number of benzene rings is 1. The van der Waals surface area contributed by atoms with Crippen molar-refractivity contribution in [3.05, 3.63) is 59.8 Å². The molecule has 2 N–H and O–H groups in total. The highest BCUT2D eigenvalue weighted by molar-refractivity contribution is 7.80. The molecule has 0 amide bonds. The molecule has 1 aromatic carbocycles. The van der Waals surface area contributed by atoms with E-state index < -0.39 is 0 Å². The van der Waals surface area contributed by atoms with Crippen molar-refractivity contribution >= 4 is 23.1 Å². The molecule has 98 valence electrons. The van der Waals surface area contributed by atoms with Crippen molar-refractivity contribution < 1.29 is 0 Å². The molecule has 0 aliphatic carbocycles. The van der Waals surface area contributed by atoms with Crippen molar-refractivity contribution in [2.75, 3.05) is 5.32 Å². The van der Waals surface area contributed by atoms with Crippen molar-refractivity contribution in [3.8, 4) is 0 Å². The van der Waals surface area contributed by atoms with Gasteiger partial charge in [-0.25, -0.2) is 4.98 Å². The molecule has 19 heavy (non-hydrogen) atoms. The number of nitrogens with one attached hydrogen (secondary N) is 2. The van der Waals surface area contributed by atoms with E-state index >= 15 is 0 Å². The maximum atomic E-state index is 5.29. The first-order valence-electron chi connectivity index (χ1n) is 6.20. The summed E-state index contributed by atoms with van der Waals surface area (Å²) >= 11 is 5.29. The number of hydrogen-bond acceptors (Lipinski definition) is 2. The Kier molecular flexibility index (Phi) is 4.47. The van der Waals surface area contributed by atoms with Crippen molar-refractivity contribution in [2.45, 2.75) is 19.9 Å². The van der Waals surface area contributed by atoms with Crippen LogP contribution in [0.4, 0.5) is 5.82 Å². The van der Waals surface area contributed by atoms with Gasteiger partial charge in [0.1, 0.15) is 5.82 Å². The molecule has 0 unspecified atom stereocenters. The summed E-state index contributed by atoms with van der Waals surface area (Å²) in [6.45, 7) is 4.10. The number of rotatable bonds is 3. The maximum absolute atomic E-state index is 5.29. The largest absolute Gasteiger partial charge is 0.356 e. The summed E-state index contributed by atoms with van der Waals surface area (Å²) in [5.41, 5.74) is 2.35. The minimum atomic E-state index is 0.158. The first kappa shape index (κ1) is 13.5. The molecule has 0 radical (unpaired) electrons. The van der Waals surface area contributed by atoms with Crippen LogP contribution in [-0.4, -0.2) is 10.1 Å². The fourth-order valence-electron chi connectivity index (χ4n) is 1.78. The number of aryl methyl sites for hydroxylation is 1. The summed E-state index contributed by atoms with van der Waals surface area (Å²) in [7, 11) is 0. The van der Waals surface area contributed by atoms with Crippen LogP contribution < -0.4 is 10.6 Å². The van der Waals surface area contributed by atoms with E-state index in [0.29, 0.717) is 5.11 Å². The van der Waals surface area contributed by atoms with Gasteiger partial charge in [-0.15, -0.1) is 0 Å². The Hall–Kier alpha value is -1.94. The van der Waals surface area contributed by atoms with E-state index in [4.69, 9.17) is 12.2 Å². The zero-order valence-electron chi connectivity index (χ0n) is 11.1. The normalized spacial score (nSPS) is 11.7. The molecule has 0 spiro atoms. The lowest BCUT2D eigenvalue weighted by molar-refractivity contribution is 0.722. The second kappa shape index (κ2) is 6.29. The fraction of sp³-hybridized carbons (Fsp3) is 0.200. The smallest absolute Gasteiger partial charge is 0.172 e. The molecule has 0 aliphatic rings. The zero-order valence-corrected chi connectivity index (χ0v) is 11.9. The highest BCUT2D eigenvalue weighted by atomic mass is 32.1. The highest BCUT2D eigenvalue weighted by Gasteiger charge is 2.06. The third-order valence-corrected chi connectivity index (χ3v) is 3.02. The lowest BCUT2D eigenvalue weighted by atomic mass is 10.1. The van der Waals surface area contributed by atoms with E-state index in [1.54, 1.807) is 6.20 Å². The van der Waals surface area contributed by atoms with Crippen LogP contribution >= 0.6 is 12.2 Å². The van der Waals surface area contributed by atoms with Crippen LogP contribution in [0, 0.1) is 6.92 Å². The molecule has 1 aromatic heterocycles. The average Bonchev–Trinajstić information content (AvgIpc) is 2.39. The Labute approximate surface area is 119 Å². The van der Waals surface area contributed by atoms with Crippen molar-refractivity contribution in [3.63, 3.8) is 0 Å². The van der Waals surface area contributed by atoms with Gasteiger partial charge in [0, 0.05) is 6.20 Å². The summed E-state index contributed by atoms with van der Waals surface area (Å²) in [5, 5.41) is 6.92. The quantitative estimate of drug-likeness (QED) is 0.839. The van der Waals surface area contributed by atoms with Crippen molar-refractivity contribution in [1.29, 1.82) is 0 Å². The van der Waals surface area contributed by atoms with Gasteiger partial charge in [0.2, 0.25) is 0 Å². The number of aromatic nitrogens is 1. The number of thiocarbonyl (C=S) groups is 1. The summed E-state index contributed by atoms with van der Waals surface area (Å²) in [6.07, 6.45) is 1.76. The number of anilines is 1. The molecule has 0 saturated heterocycles. The van der Waals surface area contributed by atoms with E-state index in [2.05, 4.69) is 34.7 Å². The van der Waals surface area contributed by atoms with Crippen LogP contribution in [0.15, 0.2) is 48.7 Å². The van der Waals surface area contributed by atoms with Crippen LogP contribution in [0.5, 0.6) is 0 Å². The number of nitrogens with zero attached hydrogens (tertiary/aromatic N) is 1. The Bertz CT molecular complexity index is 554. The third kappa shape index (κ3) is 4.03. The highest BCUT2D eigenvalue weighted by Crippen LogP contribution is 2.12. The number of pyridine rings is 1. The summed E-state index contributed by atoms with van der Waals surface area (Å²) in [4.78, 5) is 4.22. The van der Waals surface area contributed by atoms with Crippen molar-refractivity contribution in [1.82, 2.24) is 10.3 Å². The molecule has 0 bridgehead atoms. The first-order valence-corrected chi connectivity index (χ1v) is 6.61. The Morgan fingerprint density at radius 3 is 2.63 bits per heavy atom. The zero-order chi connectivity index (χ0) is 13.7. The van der Waals surface area contributed by atoms with Gasteiger partial charge in [-0.05, 0) is 49.3 Å². The summed E-state index contributed by atoms with van der Waals surface area (Å²) in [6, 6.07) is 14.3. The standard InChI is InChI=1S/C15H17N3S/c1-11-8-9-16-14(10-11)18-15(19)17-12(2)13-6-4-3-5-7-13/h3-10,12H,1-2H3,(H2,16,17,18,19)/t12-/m0/s1. The van der Waals surface area contributed by atoms with Crippen LogP contribution in [0.2, 0.25) is 0 Å². The van der Waals surface area contributed by atoms with Gasteiger partial charge in [-0.2, -0.15) is 0 Å². The van der Waals surface area contributed by atoms with Crippen LogP contribution in [-0.2, 0) is 0 Å². The van der Waals surface area contributed by atoms with Gasteiger partial charge in [-0.3, -0.25) is 0 Å². The van der Waals surface area contributed by atoms with Crippen molar-refractivity contribution in [2.24, 2.45) is 0 Å². The Morgan fingerprint density at radius 2 is 1.95 bits per heavy atom. The first-order chi connectivity index (χ1) is 9.15. The summed E-state index contributed by atoms with van der Waals surface area (Å²) in [5.74, 6) is 0.762. The molecule has 2 rings (SSSR count). The van der Waals surface area contributed by atoms with Gasteiger partial charge in [0.15, 0.2) is 5.11 Å². The van der Waals surface area contributed by atoms with E-state index in [1.165, 1.54) is 5.56 Å². The van der Waals surface area contributed by atoms with Gasteiger partial charge in [-0.1, -0.05) is 30.3 Å². The van der Waals surface area contributed by atoms with Crippen LogP contribution in [0.25, 0.3) is 0 Å². The van der Waals surface area contributed by atoms with Crippen LogP contribution in [0.3, 0.4) is 0 Å². The predicted molar refractivity (Wildman–Crippen MR) is 83.2 cm³/mol. The van der Waals surface area contributed by atoms with Gasteiger partial charge in [0.05, 0.1) is 6.04 Å². The molecule has 0 aliphatic heterocycles. The van der Waals surface area contributed by atoms with Gasteiger partial charge >= 0.3 is 0 Å². The monoisotopic (exact) mass is 271 g/mol. The fourth-order valence-corrected chi connectivity index (χ4v) is 2.06. The molecule has 1 atom stereocenters. The molecule has 3 nitrogen and oxygen atoms in total. The minimum Gasteiger partial charge on any atom is -0.356 e. The Balaban J connectivity index is 1.95. The average molecular weight is 271 g/mol. The maximum Gasteiger partial charge on any atom is 0.172 e. The Morgan fingerprint density at radius 1 is 1.21 bits per heavy atom. The minimum absolute atomic E-state index is 0.158. The van der Waals surface area contributed by atoms with Gasteiger partial charge < -0.3 is 10.6 Å². The third-order valence-electron chi connectivity index (χ3n) is 2.80. The molecular weight excluding hydrogens is 254 g/mol. The molecule has 2 aromatic rings.